The Morgan fingerprint density at radius 1 is 0.600 bits per heavy atom. The van der Waals surface area contributed by atoms with Gasteiger partial charge in [0, 0.05) is 29.0 Å². The number of unbranched alkanes of at least 4 members (excludes halogenated alkanes) is 2. The van der Waals surface area contributed by atoms with Gasteiger partial charge in [-0.25, -0.2) is 4.98 Å². The summed E-state index contributed by atoms with van der Waals surface area (Å²) in [5.74, 6) is 1.02. The zero-order chi connectivity index (χ0) is 27.0. The molecule has 40 heavy (non-hydrogen) atoms. The van der Waals surface area contributed by atoms with Crippen LogP contribution in [0.2, 0.25) is 0 Å². The van der Waals surface area contributed by atoms with Crippen molar-refractivity contribution in [3.63, 3.8) is 0 Å². The maximum atomic E-state index is 4.99. The van der Waals surface area contributed by atoms with Crippen molar-refractivity contribution >= 4 is 11.8 Å². The molecule has 0 atom stereocenters. The van der Waals surface area contributed by atoms with Crippen LogP contribution in [0.15, 0.2) is 133 Å². The van der Waals surface area contributed by atoms with Crippen LogP contribution in [0.3, 0.4) is 0 Å². The lowest BCUT2D eigenvalue weighted by Crippen LogP contribution is -2.03. The van der Waals surface area contributed by atoms with E-state index in [9.17, 15) is 0 Å². The fraction of sp³-hybridized carbons (Fsp3) is 0.143. The second-order valence-corrected chi connectivity index (χ2v) is 10.9. The van der Waals surface area contributed by atoms with Crippen molar-refractivity contribution in [3.8, 4) is 45.0 Å². The van der Waals surface area contributed by atoms with Crippen molar-refractivity contribution in [2.45, 2.75) is 31.0 Å². The molecule has 0 radical (unpaired) electrons. The first-order valence-corrected chi connectivity index (χ1v) is 14.9. The molecule has 0 aliphatic rings. The third-order valence-electron chi connectivity index (χ3n) is 6.96. The Morgan fingerprint density at radius 3 is 1.82 bits per heavy atom. The molecule has 0 aliphatic heterocycles. The third kappa shape index (κ3) is 6.11. The Bertz CT molecular complexity index is 1570. The van der Waals surface area contributed by atoms with Crippen molar-refractivity contribution in [1.29, 1.82) is 0 Å². The molecule has 0 unspecified atom stereocenters. The molecule has 0 saturated heterocycles. The topological polar surface area (TPSA) is 46.5 Å². The molecule has 6 rings (SSSR count). The zero-order valence-electron chi connectivity index (χ0n) is 22.4. The fourth-order valence-corrected chi connectivity index (χ4v) is 5.80. The van der Waals surface area contributed by atoms with E-state index in [2.05, 4.69) is 119 Å². The molecular formula is C35H32N4S. The molecule has 2 aromatic heterocycles. The Labute approximate surface area is 240 Å². The maximum absolute atomic E-state index is 4.99. The van der Waals surface area contributed by atoms with E-state index in [1.165, 1.54) is 11.3 Å². The first kappa shape index (κ1) is 25.9. The standard InChI is InChI=1S/C35H32N4S/c1-6-16-27(17-7-1)31-26-32(28-18-8-2-9-19-28)39(38-31)24-14-5-15-25-40-35-36-33(29-20-10-3-11-21-29)34(37-35)30-22-12-4-13-23-30/h1-4,6-13,16-23,26H,5,14-15,24-25H2,(H,36,37). The van der Waals surface area contributed by atoms with Gasteiger partial charge in [-0.2, -0.15) is 5.10 Å². The predicted molar refractivity (Wildman–Crippen MR) is 167 cm³/mol. The highest BCUT2D eigenvalue weighted by Gasteiger charge is 2.15. The molecule has 4 nitrogen and oxygen atoms in total. The summed E-state index contributed by atoms with van der Waals surface area (Å²) in [6, 6.07) is 44.1. The Kier molecular flexibility index (Phi) is 8.20. The Morgan fingerprint density at radius 2 is 1.18 bits per heavy atom. The average Bonchev–Trinajstić information content (AvgIpc) is 3.66. The van der Waals surface area contributed by atoms with E-state index in [4.69, 9.17) is 10.1 Å². The van der Waals surface area contributed by atoms with Gasteiger partial charge in [0.2, 0.25) is 0 Å². The zero-order valence-corrected chi connectivity index (χ0v) is 23.2. The second-order valence-electron chi connectivity index (χ2n) is 9.78. The number of rotatable bonds is 11. The largest absolute Gasteiger partial charge is 0.332 e. The molecule has 1 N–H and O–H groups in total. The van der Waals surface area contributed by atoms with Crippen LogP contribution in [0.25, 0.3) is 45.0 Å². The molecule has 0 saturated carbocycles. The molecule has 0 amide bonds. The van der Waals surface area contributed by atoms with Gasteiger partial charge in [-0.1, -0.05) is 140 Å². The van der Waals surface area contributed by atoms with Crippen molar-refractivity contribution in [2.75, 3.05) is 5.75 Å². The summed E-state index contributed by atoms with van der Waals surface area (Å²) >= 11 is 1.80. The van der Waals surface area contributed by atoms with Gasteiger partial charge in [0.05, 0.1) is 22.8 Å². The summed E-state index contributed by atoms with van der Waals surface area (Å²) in [4.78, 5) is 8.59. The number of nitrogens with one attached hydrogen (secondary N) is 1. The molecule has 198 valence electrons. The molecule has 0 fully saturated rings. The molecule has 5 heteroatoms. The number of hydrogen-bond donors (Lipinski definition) is 1. The van der Waals surface area contributed by atoms with E-state index in [1.54, 1.807) is 11.8 Å². The molecule has 4 aromatic carbocycles. The molecule has 6 aromatic rings. The van der Waals surface area contributed by atoms with Gasteiger partial charge in [-0.15, -0.1) is 0 Å². The normalized spacial score (nSPS) is 11.1. The molecule has 0 aliphatic carbocycles. The quantitative estimate of drug-likeness (QED) is 0.132. The van der Waals surface area contributed by atoms with Gasteiger partial charge >= 0.3 is 0 Å². The summed E-state index contributed by atoms with van der Waals surface area (Å²) in [7, 11) is 0. The number of aryl methyl sites for hydroxylation is 1. The van der Waals surface area contributed by atoms with Crippen molar-refractivity contribution < 1.29 is 0 Å². The summed E-state index contributed by atoms with van der Waals surface area (Å²) < 4.78 is 2.18. The lowest BCUT2D eigenvalue weighted by molar-refractivity contribution is 0.560. The van der Waals surface area contributed by atoms with Crippen LogP contribution < -0.4 is 0 Å². The van der Waals surface area contributed by atoms with Crippen LogP contribution in [0, 0.1) is 0 Å². The highest BCUT2D eigenvalue weighted by Crippen LogP contribution is 2.33. The third-order valence-corrected chi connectivity index (χ3v) is 7.92. The highest BCUT2D eigenvalue weighted by atomic mass is 32.2. The smallest absolute Gasteiger partial charge is 0.166 e. The predicted octanol–water partition coefficient (Wildman–Crippen LogP) is 9.24. The lowest BCUT2D eigenvalue weighted by Gasteiger charge is -2.07. The van der Waals surface area contributed by atoms with Crippen molar-refractivity contribution in [3.05, 3.63) is 127 Å². The minimum absolute atomic E-state index is 0.902. The van der Waals surface area contributed by atoms with Crippen molar-refractivity contribution in [2.24, 2.45) is 0 Å². The first-order valence-electron chi connectivity index (χ1n) is 13.9. The summed E-state index contributed by atoms with van der Waals surface area (Å²) in [6.45, 7) is 0.902. The number of imidazole rings is 1. The lowest BCUT2D eigenvalue weighted by atomic mass is 10.1. The first-order chi connectivity index (χ1) is 19.8. The van der Waals surface area contributed by atoms with E-state index in [-0.39, 0.29) is 0 Å². The van der Waals surface area contributed by atoms with Crippen LogP contribution in [0.4, 0.5) is 0 Å². The minimum Gasteiger partial charge on any atom is -0.332 e. The van der Waals surface area contributed by atoms with Gasteiger partial charge in [-0.05, 0) is 24.5 Å². The number of H-pyrrole nitrogens is 1. The SMILES string of the molecule is c1ccc(-c2cc(-c3ccccc3)n(CCCCCSc3nc(-c4ccccc4)c(-c4ccccc4)[nH]3)n2)cc1. The van der Waals surface area contributed by atoms with Gasteiger partial charge < -0.3 is 4.98 Å². The Balaban J connectivity index is 1.09. The summed E-state index contributed by atoms with van der Waals surface area (Å²) in [6.07, 6.45) is 3.35. The maximum Gasteiger partial charge on any atom is 0.166 e. The van der Waals surface area contributed by atoms with Crippen LogP contribution in [0.1, 0.15) is 19.3 Å². The fourth-order valence-electron chi connectivity index (χ4n) is 4.93. The molecule has 0 spiro atoms. The van der Waals surface area contributed by atoms with Gasteiger partial charge in [0.15, 0.2) is 5.16 Å². The molecular weight excluding hydrogens is 508 g/mol. The van der Waals surface area contributed by atoms with E-state index < -0.39 is 0 Å². The minimum atomic E-state index is 0.902. The highest BCUT2D eigenvalue weighted by molar-refractivity contribution is 7.99. The van der Waals surface area contributed by atoms with E-state index in [1.807, 2.05) is 18.2 Å². The molecule has 0 bridgehead atoms. The summed E-state index contributed by atoms with van der Waals surface area (Å²) in [5, 5.41) is 5.96. The van der Waals surface area contributed by atoms with E-state index in [0.29, 0.717) is 0 Å². The van der Waals surface area contributed by atoms with Crippen molar-refractivity contribution in [1.82, 2.24) is 19.7 Å². The van der Waals surface area contributed by atoms with Gasteiger partial charge in [-0.3, -0.25) is 4.68 Å². The van der Waals surface area contributed by atoms with E-state index in [0.717, 1.165) is 70.5 Å². The van der Waals surface area contributed by atoms with Crippen LogP contribution in [-0.4, -0.2) is 25.5 Å². The number of benzene rings is 4. The monoisotopic (exact) mass is 540 g/mol. The number of nitrogens with zero attached hydrogens (tertiary/aromatic N) is 3. The second kappa shape index (κ2) is 12.7. The van der Waals surface area contributed by atoms with Crippen LogP contribution >= 0.6 is 11.8 Å². The summed E-state index contributed by atoms with van der Waals surface area (Å²) in [5.41, 5.74) is 8.93. The van der Waals surface area contributed by atoms with Crippen LogP contribution in [-0.2, 0) is 6.54 Å². The van der Waals surface area contributed by atoms with Gasteiger partial charge in [0.25, 0.3) is 0 Å². The molecule has 2 heterocycles. The Hall–Kier alpha value is -4.35. The number of hydrogen-bond acceptors (Lipinski definition) is 3. The number of aromatic amines is 1. The van der Waals surface area contributed by atoms with E-state index >= 15 is 0 Å². The van der Waals surface area contributed by atoms with Gasteiger partial charge in [0.1, 0.15) is 0 Å². The van der Waals surface area contributed by atoms with Crippen LogP contribution in [0.5, 0.6) is 0 Å². The average molecular weight is 541 g/mol. The number of thioether (sulfide) groups is 1. The number of aromatic nitrogens is 4.